The summed E-state index contributed by atoms with van der Waals surface area (Å²) in [4.78, 5) is 14.7. The average molecular weight is 257 g/mol. The number of hydrogen-bond donors (Lipinski definition) is 2. The van der Waals surface area contributed by atoms with Crippen molar-refractivity contribution in [3.8, 4) is 0 Å². The van der Waals surface area contributed by atoms with Crippen LogP contribution in [0.25, 0.3) is 10.8 Å². The molecule has 19 heavy (non-hydrogen) atoms. The number of nitrogens with two attached hydrogens (primary N) is 1. The molecule has 2 rings (SSSR count). The van der Waals surface area contributed by atoms with Crippen molar-refractivity contribution in [1.29, 1.82) is 0 Å². The molecule has 4 nitrogen and oxygen atoms in total. The lowest BCUT2D eigenvalue weighted by atomic mass is 10.1. The molecule has 0 saturated heterocycles. The van der Waals surface area contributed by atoms with E-state index in [0.717, 1.165) is 31.3 Å². The van der Waals surface area contributed by atoms with Gasteiger partial charge in [-0.2, -0.15) is 0 Å². The fourth-order valence-corrected chi connectivity index (χ4v) is 2.02. The minimum absolute atomic E-state index is 0.219. The predicted molar refractivity (Wildman–Crippen MR) is 76.5 cm³/mol. The summed E-state index contributed by atoms with van der Waals surface area (Å²) in [6.45, 7) is 1.75. The molecule has 0 saturated carbocycles. The van der Waals surface area contributed by atoms with E-state index in [-0.39, 0.29) is 5.91 Å². The molecule has 2 aromatic rings. The van der Waals surface area contributed by atoms with E-state index in [0.29, 0.717) is 6.42 Å². The van der Waals surface area contributed by atoms with Crippen molar-refractivity contribution in [2.24, 2.45) is 5.73 Å². The van der Waals surface area contributed by atoms with Crippen LogP contribution in [0.15, 0.2) is 36.7 Å². The Morgan fingerprint density at radius 1 is 1.21 bits per heavy atom. The highest BCUT2D eigenvalue weighted by Gasteiger charge is 1.97. The van der Waals surface area contributed by atoms with E-state index in [2.05, 4.69) is 28.5 Å². The van der Waals surface area contributed by atoms with Crippen LogP contribution in [0.2, 0.25) is 0 Å². The Morgan fingerprint density at radius 3 is 2.95 bits per heavy atom. The van der Waals surface area contributed by atoms with Crippen LogP contribution in [0.5, 0.6) is 0 Å². The number of nitrogens with zero attached hydrogens (tertiary/aromatic N) is 1. The maximum absolute atomic E-state index is 10.6. The third-order valence-corrected chi connectivity index (χ3v) is 3.06. The molecule has 0 aliphatic carbocycles. The van der Waals surface area contributed by atoms with Gasteiger partial charge in [-0.15, -0.1) is 0 Å². The molecule has 1 aromatic heterocycles. The van der Waals surface area contributed by atoms with Gasteiger partial charge in [-0.25, -0.2) is 0 Å². The van der Waals surface area contributed by atoms with Crippen molar-refractivity contribution in [1.82, 2.24) is 10.3 Å². The summed E-state index contributed by atoms with van der Waals surface area (Å²) >= 11 is 0. The molecule has 1 aromatic carbocycles. The van der Waals surface area contributed by atoms with Crippen molar-refractivity contribution in [2.45, 2.75) is 25.8 Å². The highest BCUT2D eigenvalue weighted by molar-refractivity contribution is 5.81. The van der Waals surface area contributed by atoms with Gasteiger partial charge in [0.05, 0.1) is 0 Å². The van der Waals surface area contributed by atoms with E-state index in [1.165, 1.54) is 10.9 Å². The Labute approximate surface area is 113 Å². The number of rotatable bonds is 7. The van der Waals surface area contributed by atoms with Crippen LogP contribution in [0.3, 0.4) is 0 Å². The topological polar surface area (TPSA) is 68.0 Å². The lowest BCUT2D eigenvalue weighted by Gasteiger charge is -2.06. The molecule has 1 amide bonds. The Kier molecular flexibility index (Phi) is 4.86. The Hall–Kier alpha value is -1.94. The molecule has 0 aliphatic rings. The Bertz CT molecular complexity index is 554. The van der Waals surface area contributed by atoms with Gasteiger partial charge in [0.2, 0.25) is 5.91 Å². The third-order valence-electron chi connectivity index (χ3n) is 3.06. The van der Waals surface area contributed by atoms with Gasteiger partial charge in [0.1, 0.15) is 0 Å². The monoisotopic (exact) mass is 257 g/mol. The molecule has 0 spiro atoms. The summed E-state index contributed by atoms with van der Waals surface area (Å²) in [7, 11) is 0. The van der Waals surface area contributed by atoms with Gasteiger partial charge in [-0.3, -0.25) is 9.78 Å². The average Bonchev–Trinajstić information content (AvgIpc) is 2.42. The van der Waals surface area contributed by atoms with Gasteiger partial charge in [0.25, 0.3) is 0 Å². The van der Waals surface area contributed by atoms with Crippen LogP contribution in [0.4, 0.5) is 0 Å². The smallest absolute Gasteiger partial charge is 0.217 e. The standard InChI is InChI=1S/C15H19N3O/c16-15(19)3-1-2-7-17-10-12-4-5-14-11-18-8-6-13(14)9-12/h4-6,8-9,11,17H,1-3,7,10H2,(H2,16,19). The summed E-state index contributed by atoms with van der Waals surface area (Å²) in [6.07, 6.45) is 5.98. The van der Waals surface area contributed by atoms with E-state index < -0.39 is 0 Å². The van der Waals surface area contributed by atoms with Crippen LogP contribution in [0, 0.1) is 0 Å². The number of pyridine rings is 1. The number of amides is 1. The molecule has 3 N–H and O–H groups in total. The number of primary amides is 1. The van der Waals surface area contributed by atoms with Crippen LogP contribution >= 0.6 is 0 Å². The first-order valence-electron chi connectivity index (χ1n) is 6.57. The normalized spacial score (nSPS) is 10.7. The van der Waals surface area contributed by atoms with Gasteiger partial charge in [-0.1, -0.05) is 12.1 Å². The van der Waals surface area contributed by atoms with Crippen molar-refractivity contribution >= 4 is 16.7 Å². The number of nitrogens with one attached hydrogen (secondary N) is 1. The van der Waals surface area contributed by atoms with E-state index in [1.807, 2.05) is 18.5 Å². The molecular weight excluding hydrogens is 238 g/mol. The molecule has 0 unspecified atom stereocenters. The molecular formula is C15H19N3O. The Morgan fingerprint density at radius 2 is 2.11 bits per heavy atom. The molecule has 0 aliphatic heterocycles. The fourth-order valence-electron chi connectivity index (χ4n) is 2.02. The van der Waals surface area contributed by atoms with Crippen molar-refractivity contribution in [3.05, 3.63) is 42.2 Å². The first-order chi connectivity index (χ1) is 9.25. The van der Waals surface area contributed by atoms with Crippen molar-refractivity contribution in [3.63, 3.8) is 0 Å². The van der Waals surface area contributed by atoms with E-state index >= 15 is 0 Å². The molecule has 1 heterocycles. The highest BCUT2D eigenvalue weighted by atomic mass is 16.1. The minimum atomic E-state index is -0.219. The molecule has 4 heteroatoms. The van der Waals surface area contributed by atoms with E-state index in [9.17, 15) is 4.79 Å². The van der Waals surface area contributed by atoms with Crippen molar-refractivity contribution in [2.75, 3.05) is 6.54 Å². The summed E-state index contributed by atoms with van der Waals surface area (Å²) in [6, 6.07) is 8.39. The summed E-state index contributed by atoms with van der Waals surface area (Å²) in [5.41, 5.74) is 6.34. The van der Waals surface area contributed by atoms with Gasteiger partial charge < -0.3 is 11.1 Å². The lowest BCUT2D eigenvalue weighted by Crippen LogP contribution is -2.16. The second-order valence-electron chi connectivity index (χ2n) is 4.66. The number of hydrogen-bond acceptors (Lipinski definition) is 3. The first kappa shape index (κ1) is 13.5. The van der Waals surface area contributed by atoms with Crippen LogP contribution in [0.1, 0.15) is 24.8 Å². The maximum Gasteiger partial charge on any atom is 0.217 e. The third kappa shape index (κ3) is 4.34. The van der Waals surface area contributed by atoms with Gasteiger partial charge >= 0.3 is 0 Å². The minimum Gasteiger partial charge on any atom is -0.370 e. The molecule has 0 radical (unpaired) electrons. The number of unbranched alkanes of at least 4 members (excludes halogenated alkanes) is 1. The first-order valence-corrected chi connectivity index (χ1v) is 6.57. The number of fused-ring (bicyclic) bond motifs is 1. The molecule has 0 atom stereocenters. The Balaban J connectivity index is 1.77. The van der Waals surface area contributed by atoms with Crippen LogP contribution in [-0.4, -0.2) is 17.4 Å². The molecule has 0 fully saturated rings. The lowest BCUT2D eigenvalue weighted by molar-refractivity contribution is -0.118. The zero-order chi connectivity index (χ0) is 13.5. The quantitative estimate of drug-likeness (QED) is 0.745. The summed E-state index contributed by atoms with van der Waals surface area (Å²) in [5, 5.41) is 5.74. The van der Waals surface area contributed by atoms with Crippen LogP contribution < -0.4 is 11.1 Å². The largest absolute Gasteiger partial charge is 0.370 e. The van der Waals surface area contributed by atoms with E-state index in [1.54, 1.807) is 0 Å². The number of benzene rings is 1. The van der Waals surface area contributed by atoms with Gasteiger partial charge in [0, 0.05) is 30.7 Å². The molecule has 100 valence electrons. The second kappa shape index (κ2) is 6.85. The molecule has 0 bridgehead atoms. The van der Waals surface area contributed by atoms with Gasteiger partial charge in [0.15, 0.2) is 0 Å². The number of aromatic nitrogens is 1. The summed E-state index contributed by atoms with van der Waals surface area (Å²) < 4.78 is 0. The predicted octanol–water partition coefficient (Wildman–Crippen LogP) is 1.98. The van der Waals surface area contributed by atoms with Crippen LogP contribution in [-0.2, 0) is 11.3 Å². The second-order valence-corrected chi connectivity index (χ2v) is 4.66. The zero-order valence-electron chi connectivity index (χ0n) is 10.9. The SMILES string of the molecule is NC(=O)CCCCNCc1ccc2cnccc2c1. The number of carbonyl (C=O) groups excluding carboxylic acids is 1. The summed E-state index contributed by atoms with van der Waals surface area (Å²) in [5.74, 6) is -0.219. The maximum atomic E-state index is 10.6. The van der Waals surface area contributed by atoms with Gasteiger partial charge in [-0.05, 0) is 42.5 Å². The zero-order valence-corrected chi connectivity index (χ0v) is 10.9. The number of carbonyl (C=O) groups is 1. The van der Waals surface area contributed by atoms with E-state index in [4.69, 9.17) is 5.73 Å². The fraction of sp³-hybridized carbons (Fsp3) is 0.333. The highest BCUT2D eigenvalue weighted by Crippen LogP contribution is 2.14. The van der Waals surface area contributed by atoms with Crippen molar-refractivity contribution < 1.29 is 4.79 Å².